The van der Waals surface area contributed by atoms with E-state index in [0.717, 1.165) is 16.7 Å². The van der Waals surface area contributed by atoms with Gasteiger partial charge in [0.2, 0.25) is 6.10 Å². The van der Waals surface area contributed by atoms with Gasteiger partial charge in [0.25, 0.3) is 0 Å². The van der Waals surface area contributed by atoms with Gasteiger partial charge < -0.3 is 9.47 Å². The van der Waals surface area contributed by atoms with E-state index in [0.29, 0.717) is 6.42 Å². The van der Waals surface area contributed by atoms with Crippen LogP contribution in [0.15, 0.2) is 54.6 Å². The largest absolute Gasteiger partial charge is 0.460 e. The Bertz CT molecular complexity index is 691. The molecule has 0 amide bonds. The van der Waals surface area contributed by atoms with Crippen molar-refractivity contribution in [3.05, 3.63) is 60.2 Å². The van der Waals surface area contributed by atoms with Crippen LogP contribution in [0.3, 0.4) is 0 Å². The van der Waals surface area contributed by atoms with Crippen molar-refractivity contribution in [3.8, 4) is 11.1 Å². The summed E-state index contributed by atoms with van der Waals surface area (Å²) in [5, 5.41) is 0. The summed E-state index contributed by atoms with van der Waals surface area (Å²) in [6, 6.07) is 17.8. The number of hydrogen-bond donors (Lipinski definition) is 0. The summed E-state index contributed by atoms with van der Waals surface area (Å²) in [5.74, 6) is -0.862. The first kappa shape index (κ1) is 15.3. The van der Waals surface area contributed by atoms with Gasteiger partial charge in [0.15, 0.2) is 0 Å². The molecule has 2 aromatic rings. The summed E-state index contributed by atoms with van der Waals surface area (Å²) in [6.45, 7) is 1.79. The van der Waals surface area contributed by atoms with Crippen molar-refractivity contribution in [2.24, 2.45) is 0 Å². The van der Waals surface area contributed by atoms with Gasteiger partial charge in [-0.25, -0.2) is 4.79 Å². The Hall–Kier alpha value is -2.62. The first-order chi connectivity index (χ1) is 11.1. The molecule has 0 bridgehead atoms. The summed E-state index contributed by atoms with van der Waals surface area (Å²) < 4.78 is 10.2. The van der Waals surface area contributed by atoms with Crippen LogP contribution in [0, 0.1) is 0 Å². The van der Waals surface area contributed by atoms with Crippen molar-refractivity contribution in [1.82, 2.24) is 0 Å². The molecule has 0 spiro atoms. The number of cyclic esters (lactones) is 1. The molecule has 2 atom stereocenters. The van der Waals surface area contributed by atoms with E-state index in [2.05, 4.69) is 0 Å². The summed E-state index contributed by atoms with van der Waals surface area (Å²) in [7, 11) is 0. The van der Waals surface area contributed by atoms with Crippen LogP contribution >= 0.6 is 0 Å². The highest BCUT2D eigenvalue weighted by molar-refractivity contribution is 5.81. The molecule has 118 valence electrons. The number of rotatable bonds is 4. The van der Waals surface area contributed by atoms with E-state index < -0.39 is 18.0 Å². The second-order valence-corrected chi connectivity index (χ2v) is 5.70. The third kappa shape index (κ3) is 3.77. The number of benzene rings is 2. The molecule has 0 N–H and O–H groups in total. The molecular weight excluding hydrogens is 292 g/mol. The highest BCUT2D eigenvalue weighted by Crippen LogP contribution is 2.21. The van der Waals surface area contributed by atoms with Gasteiger partial charge in [-0.15, -0.1) is 0 Å². The van der Waals surface area contributed by atoms with Crippen molar-refractivity contribution in [1.29, 1.82) is 0 Å². The monoisotopic (exact) mass is 310 g/mol. The quantitative estimate of drug-likeness (QED) is 0.814. The maximum Gasteiger partial charge on any atom is 0.347 e. The van der Waals surface area contributed by atoms with Crippen LogP contribution in [0.25, 0.3) is 11.1 Å². The Morgan fingerprint density at radius 1 is 1.09 bits per heavy atom. The standard InChI is InChI=1S/C19H18O4/c1-13-11-17(19(21)22-13)23-18(20)12-14-7-9-16(10-8-14)15-5-3-2-4-6-15/h2-10,13,17H,11-12H2,1H3/t13-,17+/m0/s1. The van der Waals surface area contributed by atoms with Gasteiger partial charge in [-0.1, -0.05) is 54.6 Å². The smallest absolute Gasteiger partial charge is 0.347 e. The summed E-state index contributed by atoms with van der Waals surface area (Å²) >= 11 is 0. The second kappa shape index (κ2) is 6.65. The average Bonchev–Trinajstić information content (AvgIpc) is 2.86. The number of hydrogen-bond acceptors (Lipinski definition) is 4. The number of carbonyl (C=O) groups excluding carboxylic acids is 2. The fourth-order valence-corrected chi connectivity index (χ4v) is 2.63. The van der Waals surface area contributed by atoms with Gasteiger partial charge in [-0.05, 0) is 23.6 Å². The lowest BCUT2D eigenvalue weighted by Crippen LogP contribution is -2.23. The molecule has 2 aromatic carbocycles. The van der Waals surface area contributed by atoms with E-state index in [-0.39, 0.29) is 12.5 Å². The maximum absolute atomic E-state index is 11.9. The van der Waals surface area contributed by atoms with Gasteiger partial charge >= 0.3 is 11.9 Å². The zero-order chi connectivity index (χ0) is 16.2. The van der Waals surface area contributed by atoms with Gasteiger partial charge in [0, 0.05) is 6.42 Å². The number of ether oxygens (including phenoxy) is 2. The SMILES string of the molecule is C[C@H]1C[C@@H](OC(=O)Cc2ccc(-c3ccccc3)cc2)C(=O)O1. The second-order valence-electron chi connectivity index (χ2n) is 5.70. The molecule has 1 aliphatic heterocycles. The van der Waals surface area contributed by atoms with E-state index in [1.54, 1.807) is 6.92 Å². The predicted molar refractivity (Wildman–Crippen MR) is 85.6 cm³/mol. The normalized spacial score (nSPS) is 20.1. The molecule has 4 heteroatoms. The fourth-order valence-electron chi connectivity index (χ4n) is 2.63. The molecule has 0 aliphatic carbocycles. The first-order valence-electron chi connectivity index (χ1n) is 7.66. The van der Waals surface area contributed by atoms with E-state index in [4.69, 9.17) is 9.47 Å². The third-order valence-electron chi connectivity index (χ3n) is 3.81. The molecule has 1 saturated heterocycles. The van der Waals surface area contributed by atoms with Crippen molar-refractivity contribution < 1.29 is 19.1 Å². The Labute approximate surface area is 135 Å². The minimum absolute atomic E-state index is 0.146. The molecule has 0 aromatic heterocycles. The topological polar surface area (TPSA) is 52.6 Å². The Kier molecular flexibility index (Phi) is 4.42. The van der Waals surface area contributed by atoms with E-state index in [1.165, 1.54) is 0 Å². The van der Waals surface area contributed by atoms with Crippen LogP contribution in [-0.4, -0.2) is 24.1 Å². The van der Waals surface area contributed by atoms with Crippen molar-refractivity contribution in [3.63, 3.8) is 0 Å². The van der Waals surface area contributed by atoms with Gasteiger partial charge in [-0.2, -0.15) is 0 Å². The van der Waals surface area contributed by atoms with Gasteiger partial charge in [-0.3, -0.25) is 4.79 Å². The zero-order valence-electron chi connectivity index (χ0n) is 12.9. The molecular formula is C19H18O4. The van der Waals surface area contributed by atoms with Crippen LogP contribution in [0.4, 0.5) is 0 Å². The number of carbonyl (C=O) groups is 2. The van der Waals surface area contributed by atoms with Crippen molar-refractivity contribution >= 4 is 11.9 Å². The Morgan fingerprint density at radius 3 is 2.35 bits per heavy atom. The van der Waals surface area contributed by atoms with Crippen molar-refractivity contribution in [2.45, 2.75) is 32.0 Å². The highest BCUT2D eigenvalue weighted by Gasteiger charge is 2.34. The van der Waals surface area contributed by atoms with Crippen LogP contribution in [-0.2, 0) is 25.5 Å². The third-order valence-corrected chi connectivity index (χ3v) is 3.81. The van der Waals surface area contributed by atoms with Gasteiger partial charge in [0.1, 0.15) is 6.10 Å². The molecule has 0 radical (unpaired) electrons. The van der Waals surface area contributed by atoms with E-state index in [9.17, 15) is 9.59 Å². The van der Waals surface area contributed by atoms with E-state index in [1.807, 2.05) is 54.6 Å². The highest BCUT2D eigenvalue weighted by atomic mass is 16.6. The lowest BCUT2D eigenvalue weighted by Gasteiger charge is -2.09. The predicted octanol–water partition coefficient (Wildman–Crippen LogP) is 3.14. The summed E-state index contributed by atoms with van der Waals surface area (Å²) in [4.78, 5) is 23.4. The molecule has 0 unspecified atom stereocenters. The molecule has 4 nitrogen and oxygen atoms in total. The van der Waals surface area contributed by atoms with Gasteiger partial charge in [0.05, 0.1) is 6.42 Å². The molecule has 0 saturated carbocycles. The molecule has 1 aliphatic rings. The maximum atomic E-state index is 11.9. The average molecular weight is 310 g/mol. The lowest BCUT2D eigenvalue weighted by atomic mass is 10.0. The number of esters is 2. The van der Waals surface area contributed by atoms with Crippen molar-refractivity contribution in [2.75, 3.05) is 0 Å². The minimum atomic E-state index is -0.763. The first-order valence-corrected chi connectivity index (χ1v) is 7.66. The van der Waals surface area contributed by atoms with E-state index >= 15 is 0 Å². The molecule has 1 fully saturated rings. The molecule has 3 rings (SSSR count). The fraction of sp³-hybridized carbons (Fsp3) is 0.263. The summed E-state index contributed by atoms with van der Waals surface area (Å²) in [5.41, 5.74) is 3.08. The Morgan fingerprint density at radius 2 is 1.74 bits per heavy atom. The van der Waals surface area contributed by atoms with Crippen LogP contribution in [0.5, 0.6) is 0 Å². The minimum Gasteiger partial charge on any atom is -0.460 e. The lowest BCUT2D eigenvalue weighted by molar-refractivity contribution is -0.160. The molecule has 1 heterocycles. The Balaban J connectivity index is 1.60. The van der Waals surface area contributed by atoms with Crippen LogP contribution in [0.2, 0.25) is 0 Å². The zero-order valence-corrected chi connectivity index (χ0v) is 12.9. The van der Waals surface area contributed by atoms with Crippen LogP contribution < -0.4 is 0 Å². The molecule has 23 heavy (non-hydrogen) atoms. The van der Waals surface area contributed by atoms with Crippen LogP contribution in [0.1, 0.15) is 18.9 Å². The summed E-state index contributed by atoms with van der Waals surface area (Å²) in [6.07, 6.45) is -0.378.